The van der Waals surface area contributed by atoms with Gasteiger partial charge in [0, 0.05) is 24.4 Å². The molecular formula is C15H22N2O3S. The number of aryl methyl sites for hydroxylation is 1. The molecule has 2 unspecified atom stereocenters. The van der Waals surface area contributed by atoms with Gasteiger partial charge in [-0.05, 0) is 26.0 Å². The topological polar surface area (TPSA) is 67.5 Å². The molecule has 0 saturated heterocycles. The van der Waals surface area contributed by atoms with Crippen LogP contribution in [0.4, 0.5) is 0 Å². The quantitative estimate of drug-likeness (QED) is 0.784. The largest absolute Gasteiger partial charge is 0.468 e. The number of aliphatic hydroxyl groups is 1. The van der Waals surface area contributed by atoms with Gasteiger partial charge < -0.3 is 14.3 Å². The van der Waals surface area contributed by atoms with Crippen molar-refractivity contribution in [1.29, 1.82) is 0 Å². The Balaban J connectivity index is 2.05. The van der Waals surface area contributed by atoms with Crippen LogP contribution in [-0.4, -0.2) is 30.4 Å². The smallest absolute Gasteiger partial charge is 0.123 e. The van der Waals surface area contributed by atoms with Gasteiger partial charge in [0.2, 0.25) is 0 Å². The van der Waals surface area contributed by atoms with Crippen LogP contribution in [0.5, 0.6) is 0 Å². The Labute approximate surface area is 129 Å². The number of aliphatic hydroxyl groups excluding tert-OH is 1. The summed E-state index contributed by atoms with van der Waals surface area (Å²) in [5.41, 5.74) is 1.03. The summed E-state index contributed by atoms with van der Waals surface area (Å²) in [7, 11) is 1.70. The summed E-state index contributed by atoms with van der Waals surface area (Å²) in [6, 6.07) is 3.58. The van der Waals surface area contributed by atoms with E-state index in [9.17, 15) is 5.11 Å². The van der Waals surface area contributed by atoms with E-state index in [0.717, 1.165) is 22.9 Å². The Kier molecular flexibility index (Phi) is 5.93. The SMILES string of the molecule is COCCc1nc(C)c(C(C)NC(CO)c2ccco2)s1. The Bertz CT molecular complexity index is 539. The van der Waals surface area contributed by atoms with Gasteiger partial charge in [0.25, 0.3) is 0 Å². The summed E-state index contributed by atoms with van der Waals surface area (Å²) in [6.45, 7) is 4.76. The maximum Gasteiger partial charge on any atom is 0.123 e. The molecule has 2 atom stereocenters. The predicted octanol–water partition coefficient (Wildman–Crippen LogP) is 2.62. The number of thiazole rings is 1. The molecule has 5 nitrogen and oxygen atoms in total. The average Bonchev–Trinajstić information content (AvgIpc) is 3.12. The summed E-state index contributed by atoms with van der Waals surface area (Å²) in [4.78, 5) is 5.76. The van der Waals surface area contributed by atoms with Crippen LogP contribution in [0.15, 0.2) is 22.8 Å². The predicted molar refractivity (Wildman–Crippen MR) is 82.5 cm³/mol. The maximum atomic E-state index is 9.53. The second kappa shape index (κ2) is 7.70. The number of nitrogens with one attached hydrogen (secondary N) is 1. The molecule has 0 aliphatic carbocycles. The first-order valence-corrected chi connectivity index (χ1v) is 7.82. The van der Waals surface area contributed by atoms with E-state index in [1.54, 1.807) is 24.7 Å². The molecule has 0 fully saturated rings. The molecule has 116 valence electrons. The third-order valence-electron chi connectivity index (χ3n) is 3.31. The molecule has 0 aliphatic rings. The molecular weight excluding hydrogens is 288 g/mol. The van der Waals surface area contributed by atoms with Crippen molar-refractivity contribution in [2.75, 3.05) is 20.3 Å². The summed E-state index contributed by atoms with van der Waals surface area (Å²) >= 11 is 1.69. The van der Waals surface area contributed by atoms with Gasteiger partial charge in [-0.2, -0.15) is 0 Å². The van der Waals surface area contributed by atoms with Crippen LogP contribution in [-0.2, 0) is 11.2 Å². The average molecular weight is 310 g/mol. The number of ether oxygens (including phenoxy) is 1. The summed E-state index contributed by atoms with van der Waals surface area (Å²) in [5.74, 6) is 0.742. The van der Waals surface area contributed by atoms with Crippen molar-refractivity contribution in [2.45, 2.75) is 32.4 Å². The number of aromatic nitrogens is 1. The molecule has 0 bridgehead atoms. The van der Waals surface area contributed by atoms with Gasteiger partial charge in [-0.3, -0.25) is 5.32 Å². The molecule has 2 rings (SSSR count). The van der Waals surface area contributed by atoms with Crippen LogP contribution in [0.1, 0.15) is 40.3 Å². The van der Waals surface area contributed by atoms with Crippen LogP contribution < -0.4 is 5.32 Å². The highest BCUT2D eigenvalue weighted by molar-refractivity contribution is 7.11. The molecule has 0 radical (unpaired) electrons. The van der Waals surface area contributed by atoms with Crippen LogP contribution in [0.25, 0.3) is 0 Å². The number of furan rings is 1. The lowest BCUT2D eigenvalue weighted by molar-refractivity contribution is 0.202. The zero-order valence-corrected chi connectivity index (χ0v) is 13.4. The molecule has 2 N–H and O–H groups in total. The minimum absolute atomic E-state index is 0.00770. The van der Waals surface area contributed by atoms with Crippen molar-refractivity contribution in [3.8, 4) is 0 Å². The van der Waals surface area contributed by atoms with E-state index in [2.05, 4.69) is 17.2 Å². The normalized spacial score (nSPS) is 14.3. The molecule has 0 aromatic carbocycles. The first-order valence-electron chi connectivity index (χ1n) is 7.01. The number of methoxy groups -OCH3 is 1. The van der Waals surface area contributed by atoms with Crippen LogP contribution in [0.3, 0.4) is 0 Å². The molecule has 0 aliphatic heterocycles. The highest BCUT2D eigenvalue weighted by atomic mass is 32.1. The number of rotatable bonds is 8. The number of nitrogens with zero attached hydrogens (tertiary/aromatic N) is 1. The van der Waals surface area contributed by atoms with E-state index >= 15 is 0 Å². The molecule has 2 aromatic heterocycles. The molecule has 2 heterocycles. The van der Waals surface area contributed by atoms with E-state index in [-0.39, 0.29) is 18.7 Å². The van der Waals surface area contributed by atoms with E-state index < -0.39 is 0 Å². The van der Waals surface area contributed by atoms with Gasteiger partial charge in [0.05, 0.1) is 36.2 Å². The van der Waals surface area contributed by atoms with Crippen molar-refractivity contribution >= 4 is 11.3 Å². The number of hydrogen-bond acceptors (Lipinski definition) is 6. The van der Waals surface area contributed by atoms with E-state index in [1.165, 1.54) is 4.88 Å². The molecule has 6 heteroatoms. The Morgan fingerprint density at radius 2 is 2.33 bits per heavy atom. The van der Waals surface area contributed by atoms with Gasteiger partial charge in [0.1, 0.15) is 5.76 Å². The van der Waals surface area contributed by atoms with Gasteiger partial charge in [-0.15, -0.1) is 11.3 Å². The minimum Gasteiger partial charge on any atom is -0.468 e. The van der Waals surface area contributed by atoms with Crippen molar-refractivity contribution in [3.05, 3.63) is 39.7 Å². The fraction of sp³-hybridized carbons (Fsp3) is 0.533. The molecule has 21 heavy (non-hydrogen) atoms. The maximum absolute atomic E-state index is 9.53. The third-order valence-corrected chi connectivity index (χ3v) is 4.71. The standard InChI is InChI=1S/C15H22N2O3S/c1-10(16-12(9-18)13-5-4-7-20-13)15-11(2)17-14(21-15)6-8-19-3/h4-5,7,10,12,16,18H,6,8-9H2,1-3H3. The fourth-order valence-electron chi connectivity index (χ4n) is 2.26. The highest BCUT2D eigenvalue weighted by Gasteiger charge is 2.20. The van der Waals surface area contributed by atoms with Gasteiger partial charge in [-0.1, -0.05) is 0 Å². The lowest BCUT2D eigenvalue weighted by Gasteiger charge is -2.19. The Hall–Kier alpha value is -1.21. The van der Waals surface area contributed by atoms with Crippen LogP contribution in [0, 0.1) is 6.92 Å². The second-order valence-electron chi connectivity index (χ2n) is 4.94. The second-order valence-corrected chi connectivity index (χ2v) is 6.05. The zero-order valence-electron chi connectivity index (χ0n) is 12.6. The lowest BCUT2D eigenvalue weighted by Crippen LogP contribution is -2.26. The molecule has 0 spiro atoms. The summed E-state index contributed by atoms with van der Waals surface area (Å²) in [5, 5.41) is 14.0. The fourth-order valence-corrected chi connectivity index (χ4v) is 3.32. The van der Waals surface area contributed by atoms with E-state index in [1.807, 2.05) is 19.1 Å². The van der Waals surface area contributed by atoms with Crippen molar-refractivity contribution in [1.82, 2.24) is 10.3 Å². The van der Waals surface area contributed by atoms with Crippen LogP contribution in [0.2, 0.25) is 0 Å². The number of hydrogen-bond donors (Lipinski definition) is 2. The third kappa shape index (κ3) is 4.14. The summed E-state index contributed by atoms with van der Waals surface area (Å²) < 4.78 is 10.5. The van der Waals surface area contributed by atoms with E-state index in [4.69, 9.17) is 9.15 Å². The van der Waals surface area contributed by atoms with Crippen molar-refractivity contribution < 1.29 is 14.3 Å². The first-order chi connectivity index (χ1) is 10.2. The molecule has 2 aromatic rings. The Morgan fingerprint density at radius 3 is 2.95 bits per heavy atom. The minimum atomic E-state index is -0.209. The van der Waals surface area contributed by atoms with Gasteiger partial charge in [0.15, 0.2) is 0 Å². The van der Waals surface area contributed by atoms with Crippen LogP contribution >= 0.6 is 11.3 Å². The lowest BCUT2D eigenvalue weighted by atomic mass is 10.1. The first kappa shape index (κ1) is 16.2. The highest BCUT2D eigenvalue weighted by Crippen LogP contribution is 2.27. The van der Waals surface area contributed by atoms with Gasteiger partial charge in [-0.25, -0.2) is 4.98 Å². The van der Waals surface area contributed by atoms with Crippen molar-refractivity contribution in [2.24, 2.45) is 0 Å². The zero-order chi connectivity index (χ0) is 15.2. The molecule has 0 amide bonds. The van der Waals surface area contributed by atoms with Gasteiger partial charge >= 0.3 is 0 Å². The monoisotopic (exact) mass is 310 g/mol. The molecule has 0 saturated carbocycles. The van der Waals surface area contributed by atoms with E-state index in [0.29, 0.717) is 6.61 Å². The van der Waals surface area contributed by atoms with Crippen molar-refractivity contribution in [3.63, 3.8) is 0 Å². The Morgan fingerprint density at radius 1 is 1.52 bits per heavy atom. The summed E-state index contributed by atoms with van der Waals surface area (Å²) in [6.07, 6.45) is 2.45.